The fraction of sp³-hybridized carbons (Fsp3) is 0.409. The molecule has 3 fully saturated rings. The summed E-state index contributed by atoms with van der Waals surface area (Å²) >= 11 is 0. The van der Waals surface area contributed by atoms with Crippen LogP contribution in [0.25, 0.3) is 0 Å². The zero-order valence-corrected chi connectivity index (χ0v) is 16.2. The second-order valence-corrected chi connectivity index (χ2v) is 6.05. The maximum atomic E-state index is 4.19. The Morgan fingerprint density at radius 3 is 1.65 bits per heavy atom. The van der Waals surface area contributed by atoms with E-state index in [-0.39, 0.29) is 21.7 Å². The van der Waals surface area contributed by atoms with Gasteiger partial charge in [0.25, 0.3) is 0 Å². The van der Waals surface area contributed by atoms with Crippen LogP contribution in [0.15, 0.2) is 5.57 Å². The van der Waals surface area contributed by atoms with Crippen LogP contribution in [0, 0.1) is 89.0 Å². The van der Waals surface area contributed by atoms with Gasteiger partial charge in [-0.15, -0.1) is 0 Å². The first-order valence-corrected chi connectivity index (χ1v) is 8.49. The van der Waals surface area contributed by atoms with Gasteiger partial charge in [0, 0.05) is 0 Å². The monoisotopic (exact) mass is 342 g/mol. The molecular weight excluding hydrogens is 312 g/mol. The van der Waals surface area contributed by atoms with Gasteiger partial charge in [-0.25, -0.2) is 0 Å². The number of hydrogen-bond donors (Lipinski definition) is 0. The Kier molecular flexibility index (Phi) is 16.3. The molecule has 0 aromatic heterocycles. The first-order chi connectivity index (χ1) is 10.7. The van der Waals surface area contributed by atoms with Crippen LogP contribution in [0.3, 0.4) is 0 Å². The Labute approximate surface area is 162 Å². The summed E-state index contributed by atoms with van der Waals surface area (Å²) in [6, 6.07) is 0. The molecule has 0 amide bonds. The molecule has 23 heavy (non-hydrogen) atoms. The van der Waals surface area contributed by atoms with Crippen LogP contribution in [0.4, 0.5) is 0 Å². The van der Waals surface area contributed by atoms with E-state index in [4.69, 9.17) is 0 Å². The van der Waals surface area contributed by atoms with Crippen molar-refractivity contribution in [3.63, 3.8) is 0 Å². The SMILES string of the molecule is [CH2-]C1CCCCCC1=[C-]C(C)C.[CH]1[CH][CH][CH][CH]1.[CH]1[CH][CH][CH][CH]1.[Ti+2]. The van der Waals surface area contributed by atoms with Gasteiger partial charge in [-0.05, 0) is 64.2 Å². The topological polar surface area (TPSA) is 0 Å². The number of allylic oxidation sites excluding steroid dienone is 2. The predicted octanol–water partition coefficient (Wildman–Crippen LogP) is 5.83. The normalized spacial score (nSPS) is 25.7. The summed E-state index contributed by atoms with van der Waals surface area (Å²) in [5, 5.41) is 0. The molecule has 0 spiro atoms. The van der Waals surface area contributed by atoms with E-state index in [2.05, 4.69) is 26.8 Å². The van der Waals surface area contributed by atoms with Crippen LogP contribution in [0.5, 0.6) is 0 Å². The van der Waals surface area contributed by atoms with Crippen molar-refractivity contribution in [3.05, 3.63) is 82.8 Å². The van der Waals surface area contributed by atoms with Gasteiger partial charge in [0.05, 0.1) is 0 Å². The Morgan fingerprint density at radius 2 is 1.26 bits per heavy atom. The van der Waals surface area contributed by atoms with Crippen molar-refractivity contribution < 1.29 is 21.7 Å². The van der Waals surface area contributed by atoms with Crippen molar-refractivity contribution in [2.75, 3.05) is 0 Å². The average molecular weight is 342 g/mol. The summed E-state index contributed by atoms with van der Waals surface area (Å²) in [6.45, 7) is 8.59. The maximum absolute atomic E-state index is 4.19. The second kappa shape index (κ2) is 16.0. The summed E-state index contributed by atoms with van der Waals surface area (Å²) < 4.78 is 0. The minimum Gasteiger partial charge on any atom is -0.497 e. The fourth-order valence-corrected chi connectivity index (χ4v) is 2.46. The minimum atomic E-state index is 0. The summed E-state index contributed by atoms with van der Waals surface area (Å²) in [5.41, 5.74) is 1.49. The zero-order chi connectivity index (χ0) is 16.0. The predicted molar refractivity (Wildman–Crippen MR) is 96.5 cm³/mol. The Hall–Kier alpha value is 0.454. The maximum Gasteiger partial charge on any atom is 2.00 e. The third-order valence-electron chi connectivity index (χ3n) is 3.58. The summed E-state index contributed by atoms with van der Waals surface area (Å²) in [6.07, 6.45) is 30.1. The van der Waals surface area contributed by atoms with Gasteiger partial charge in [-0.1, -0.05) is 46.0 Å². The molecule has 0 aliphatic heterocycles. The van der Waals surface area contributed by atoms with E-state index >= 15 is 0 Å². The third kappa shape index (κ3) is 13.4. The van der Waals surface area contributed by atoms with Crippen molar-refractivity contribution in [3.8, 4) is 0 Å². The quantitative estimate of drug-likeness (QED) is 0.320. The van der Waals surface area contributed by atoms with Crippen LogP contribution in [-0.4, -0.2) is 0 Å². The summed E-state index contributed by atoms with van der Waals surface area (Å²) in [4.78, 5) is 0. The van der Waals surface area contributed by atoms with E-state index < -0.39 is 0 Å². The standard InChI is InChI=1S/C12H20.2C5H5.Ti/c1-10(2)9-12-8-6-4-5-7-11(12)3;2*1-2-4-5-3-1;/h10-11H,3-8H2,1-2H3;2*1-5H;/q-2;;;+2. The Bertz CT molecular complexity index is 246. The van der Waals surface area contributed by atoms with Crippen molar-refractivity contribution in [2.24, 2.45) is 11.8 Å². The number of hydrogen-bond acceptors (Lipinski definition) is 0. The average Bonchev–Trinajstić information content (AvgIpc) is 3.21. The van der Waals surface area contributed by atoms with Crippen molar-refractivity contribution in [1.29, 1.82) is 0 Å². The molecule has 1 unspecified atom stereocenters. The van der Waals surface area contributed by atoms with Gasteiger partial charge in [0.15, 0.2) is 0 Å². The molecule has 1 heteroatoms. The van der Waals surface area contributed by atoms with E-state index in [9.17, 15) is 0 Å². The summed E-state index contributed by atoms with van der Waals surface area (Å²) in [5.74, 6) is 1.12. The molecule has 0 saturated heterocycles. The molecule has 0 aromatic carbocycles. The van der Waals surface area contributed by atoms with Crippen LogP contribution < -0.4 is 0 Å². The van der Waals surface area contributed by atoms with Crippen molar-refractivity contribution >= 4 is 0 Å². The third-order valence-corrected chi connectivity index (χ3v) is 3.58. The van der Waals surface area contributed by atoms with Gasteiger partial charge < -0.3 is 13.0 Å². The van der Waals surface area contributed by atoms with E-state index in [0.717, 1.165) is 0 Å². The van der Waals surface area contributed by atoms with E-state index in [1.54, 1.807) is 0 Å². The smallest absolute Gasteiger partial charge is 0.497 e. The van der Waals surface area contributed by atoms with E-state index in [1.807, 2.05) is 64.2 Å². The van der Waals surface area contributed by atoms with Gasteiger partial charge in [-0.2, -0.15) is 11.8 Å². The molecule has 0 heterocycles. The molecule has 3 rings (SSSR count). The van der Waals surface area contributed by atoms with Crippen molar-refractivity contribution in [1.82, 2.24) is 0 Å². The van der Waals surface area contributed by atoms with E-state index in [1.165, 1.54) is 37.7 Å². The molecule has 122 valence electrons. The fourth-order valence-electron chi connectivity index (χ4n) is 2.46. The zero-order valence-electron chi connectivity index (χ0n) is 14.7. The molecule has 0 bridgehead atoms. The molecule has 3 saturated carbocycles. The molecule has 0 aromatic rings. The molecular formula is C22H30Ti. The first kappa shape index (κ1) is 23.5. The van der Waals surface area contributed by atoms with Crippen molar-refractivity contribution in [2.45, 2.75) is 46.0 Å². The van der Waals surface area contributed by atoms with Crippen LogP contribution >= 0.6 is 0 Å². The second-order valence-electron chi connectivity index (χ2n) is 6.05. The Morgan fingerprint density at radius 1 is 0.826 bits per heavy atom. The van der Waals surface area contributed by atoms with Crippen LogP contribution in [0.1, 0.15) is 46.0 Å². The summed E-state index contributed by atoms with van der Waals surface area (Å²) in [7, 11) is 0. The first-order valence-electron chi connectivity index (χ1n) is 8.49. The Balaban J connectivity index is 0.000000362. The molecule has 10 radical (unpaired) electrons. The van der Waals surface area contributed by atoms with Crippen LogP contribution in [0.2, 0.25) is 0 Å². The van der Waals surface area contributed by atoms with Gasteiger partial charge in [-0.3, -0.25) is 5.57 Å². The van der Waals surface area contributed by atoms with Gasteiger partial charge in [0.1, 0.15) is 0 Å². The molecule has 0 nitrogen and oxygen atoms in total. The molecule has 0 N–H and O–H groups in total. The van der Waals surface area contributed by atoms with Crippen LogP contribution in [-0.2, 0) is 21.7 Å². The largest absolute Gasteiger partial charge is 2.00 e. The molecule has 3 aliphatic rings. The van der Waals surface area contributed by atoms with E-state index in [0.29, 0.717) is 11.8 Å². The van der Waals surface area contributed by atoms with Gasteiger partial charge in [0.2, 0.25) is 0 Å². The minimum absolute atomic E-state index is 0. The molecule has 1 atom stereocenters. The van der Waals surface area contributed by atoms with Gasteiger partial charge >= 0.3 is 21.7 Å². The molecule has 3 aliphatic carbocycles. The number of rotatable bonds is 1.